The highest BCUT2D eigenvalue weighted by atomic mass is 79.9. The first kappa shape index (κ1) is 18.7. The summed E-state index contributed by atoms with van der Waals surface area (Å²) < 4.78 is 3.38. The van der Waals surface area contributed by atoms with Crippen molar-refractivity contribution >= 4 is 15.9 Å². The highest BCUT2D eigenvalue weighted by molar-refractivity contribution is 9.10. The molecule has 0 saturated carbocycles. The molecule has 0 atom stereocenters. The summed E-state index contributed by atoms with van der Waals surface area (Å²) in [6.07, 6.45) is 3.23. The van der Waals surface area contributed by atoms with Crippen molar-refractivity contribution in [2.45, 2.75) is 67.3 Å². The molecule has 0 fully saturated rings. The van der Waals surface area contributed by atoms with E-state index >= 15 is 0 Å². The van der Waals surface area contributed by atoms with Crippen LogP contribution < -0.4 is 5.32 Å². The summed E-state index contributed by atoms with van der Waals surface area (Å²) in [7, 11) is 0. The molecule has 0 saturated heterocycles. The van der Waals surface area contributed by atoms with E-state index in [0.29, 0.717) is 0 Å². The first-order valence-electron chi connectivity index (χ1n) is 8.25. The molecule has 1 heterocycles. The van der Waals surface area contributed by atoms with Crippen molar-refractivity contribution in [3.05, 3.63) is 15.9 Å². The Morgan fingerprint density at radius 2 is 1.95 bits per heavy atom. The van der Waals surface area contributed by atoms with Crippen LogP contribution >= 0.6 is 15.9 Å². The fraction of sp³-hybridized carbons (Fsp3) is 0.824. The van der Waals surface area contributed by atoms with E-state index in [2.05, 4.69) is 67.5 Å². The quantitative estimate of drug-likeness (QED) is 0.662. The van der Waals surface area contributed by atoms with Gasteiger partial charge < -0.3 is 5.32 Å². The minimum absolute atomic E-state index is 0.282. The van der Waals surface area contributed by atoms with Crippen LogP contribution in [0.4, 0.5) is 0 Å². The van der Waals surface area contributed by atoms with Gasteiger partial charge in [0, 0.05) is 6.54 Å². The minimum Gasteiger partial charge on any atom is -0.316 e. The molecule has 0 aliphatic rings. The Hall–Kier alpha value is -0.350. The molecule has 1 aromatic heterocycles. The molecule has 1 N–H and O–H groups in total. The number of nitrogens with one attached hydrogen (secondary N) is 1. The van der Waals surface area contributed by atoms with Gasteiger partial charge in [0.25, 0.3) is 0 Å². The van der Waals surface area contributed by atoms with Crippen molar-refractivity contribution < 1.29 is 0 Å². The van der Waals surface area contributed by atoms with Gasteiger partial charge in [-0.3, -0.25) is 4.68 Å². The number of halogens is 1. The van der Waals surface area contributed by atoms with Gasteiger partial charge in [-0.25, -0.2) is 0 Å². The van der Waals surface area contributed by atoms with Crippen LogP contribution in [0.15, 0.2) is 4.47 Å². The van der Waals surface area contributed by atoms with Gasteiger partial charge in [0.15, 0.2) is 0 Å². The standard InChI is InChI=1S/C17H32BrN3/c1-7-14-16(18)15(21(8-2)20-14)11-17(5,6)9-10-19-12-13(3)4/h13,19H,7-12H2,1-6H3. The molecule has 21 heavy (non-hydrogen) atoms. The monoisotopic (exact) mass is 357 g/mol. The average Bonchev–Trinajstić information content (AvgIpc) is 2.71. The number of aryl methyl sites for hydroxylation is 2. The van der Waals surface area contributed by atoms with Gasteiger partial charge in [0.1, 0.15) is 0 Å². The molecule has 1 rings (SSSR count). The zero-order chi connectivity index (χ0) is 16.0. The molecule has 0 radical (unpaired) electrons. The van der Waals surface area contributed by atoms with Crippen LogP contribution in [-0.4, -0.2) is 22.9 Å². The summed E-state index contributed by atoms with van der Waals surface area (Å²) in [5.41, 5.74) is 2.81. The molecule has 1 aromatic rings. The molecule has 0 bridgehead atoms. The predicted molar refractivity (Wildman–Crippen MR) is 94.8 cm³/mol. The second-order valence-electron chi connectivity index (χ2n) is 7.07. The number of rotatable bonds is 9. The largest absolute Gasteiger partial charge is 0.316 e. The number of aromatic nitrogens is 2. The summed E-state index contributed by atoms with van der Waals surface area (Å²) in [4.78, 5) is 0. The van der Waals surface area contributed by atoms with Gasteiger partial charge in [0.2, 0.25) is 0 Å². The average molecular weight is 358 g/mol. The molecular formula is C17H32BrN3. The highest BCUT2D eigenvalue weighted by Gasteiger charge is 2.23. The van der Waals surface area contributed by atoms with Gasteiger partial charge in [-0.15, -0.1) is 0 Å². The molecule has 0 aliphatic heterocycles. The summed E-state index contributed by atoms with van der Waals surface area (Å²) >= 11 is 3.76. The van der Waals surface area contributed by atoms with Crippen LogP contribution in [0.2, 0.25) is 0 Å². The third-order valence-corrected chi connectivity index (χ3v) is 4.79. The third-order valence-electron chi connectivity index (χ3n) is 3.87. The molecule has 0 aliphatic carbocycles. The summed E-state index contributed by atoms with van der Waals surface area (Å²) in [6.45, 7) is 16.7. The SMILES string of the molecule is CCc1nn(CC)c(CC(C)(C)CCNCC(C)C)c1Br. The highest BCUT2D eigenvalue weighted by Crippen LogP contribution is 2.31. The molecule has 3 nitrogen and oxygen atoms in total. The van der Waals surface area contributed by atoms with Crippen molar-refractivity contribution in [3.8, 4) is 0 Å². The van der Waals surface area contributed by atoms with Crippen molar-refractivity contribution in [2.75, 3.05) is 13.1 Å². The van der Waals surface area contributed by atoms with Crippen LogP contribution in [-0.2, 0) is 19.4 Å². The maximum absolute atomic E-state index is 4.70. The van der Waals surface area contributed by atoms with E-state index in [9.17, 15) is 0 Å². The number of hydrogen-bond acceptors (Lipinski definition) is 2. The van der Waals surface area contributed by atoms with E-state index in [1.807, 2.05) is 0 Å². The van der Waals surface area contributed by atoms with Crippen LogP contribution in [0.5, 0.6) is 0 Å². The van der Waals surface area contributed by atoms with Gasteiger partial charge in [-0.1, -0.05) is 34.6 Å². The van der Waals surface area contributed by atoms with Crippen molar-refractivity contribution in [2.24, 2.45) is 11.3 Å². The fourth-order valence-corrected chi connectivity index (χ4v) is 3.25. The first-order valence-corrected chi connectivity index (χ1v) is 9.04. The Kier molecular flexibility index (Phi) is 7.41. The summed E-state index contributed by atoms with van der Waals surface area (Å²) in [6, 6.07) is 0. The zero-order valence-corrected chi connectivity index (χ0v) is 16.2. The second-order valence-corrected chi connectivity index (χ2v) is 7.86. The van der Waals surface area contributed by atoms with E-state index < -0.39 is 0 Å². The first-order chi connectivity index (χ1) is 9.80. The molecular weight excluding hydrogens is 326 g/mol. The van der Waals surface area contributed by atoms with Crippen LogP contribution in [0, 0.1) is 11.3 Å². The predicted octanol–water partition coefficient (Wildman–Crippen LogP) is 4.43. The van der Waals surface area contributed by atoms with Crippen molar-refractivity contribution in [1.29, 1.82) is 0 Å². The van der Waals surface area contributed by atoms with Gasteiger partial charge >= 0.3 is 0 Å². The topological polar surface area (TPSA) is 29.9 Å². The molecule has 0 aromatic carbocycles. The lowest BCUT2D eigenvalue weighted by molar-refractivity contribution is 0.313. The minimum atomic E-state index is 0.282. The van der Waals surface area contributed by atoms with Gasteiger partial charge in [-0.2, -0.15) is 5.10 Å². The maximum atomic E-state index is 4.70. The van der Waals surface area contributed by atoms with E-state index in [0.717, 1.165) is 38.4 Å². The summed E-state index contributed by atoms with van der Waals surface area (Å²) in [5.74, 6) is 0.718. The number of hydrogen-bond donors (Lipinski definition) is 1. The van der Waals surface area contributed by atoms with E-state index in [-0.39, 0.29) is 5.41 Å². The van der Waals surface area contributed by atoms with Crippen LogP contribution in [0.1, 0.15) is 59.4 Å². The maximum Gasteiger partial charge on any atom is 0.0766 e. The van der Waals surface area contributed by atoms with Crippen LogP contribution in [0.3, 0.4) is 0 Å². The van der Waals surface area contributed by atoms with E-state index in [1.165, 1.54) is 22.3 Å². The Labute approximate surface area is 139 Å². The molecule has 0 unspecified atom stereocenters. The van der Waals surface area contributed by atoms with Crippen molar-refractivity contribution in [1.82, 2.24) is 15.1 Å². The number of nitrogens with zero attached hydrogens (tertiary/aromatic N) is 2. The molecule has 0 spiro atoms. The fourth-order valence-electron chi connectivity index (χ4n) is 2.55. The van der Waals surface area contributed by atoms with Crippen LogP contribution in [0.25, 0.3) is 0 Å². The van der Waals surface area contributed by atoms with Crippen molar-refractivity contribution in [3.63, 3.8) is 0 Å². The van der Waals surface area contributed by atoms with Gasteiger partial charge in [-0.05, 0) is 66.5 Å². The Bertz CT molecular complexity index is 435. The lowest BCUT2D eigenvalue weighted by Gasteiger charge is -2.25. The molecule has 0 amide bonds. The normalized spacial score (nSPS) is 12.4. The lowest BCUT2D eigenvalue weighted by atomic mass is 9.84. The Balaban J connectivity index is 2.68. The van der Waals surface area contributed by atoms with E-state index in [4.69, 9.17) is 5.10 Å². The third kappa shape index (κ3) is 5.74. The van der Waals surface area contributed by atoms with Gasteiger partial charge in [0.05, 0.1) is 15.9 Å². The molecule has 122 valence electrons. The zero-order valence-electron chi connectivity index (χ0n) is 14.6. The lowest BCUT2D eigenvalue weighted by Crippen LogP contribution is -2.27. The Morgan fingerprint density at radius 1 is 1.29 bits per heavy atom. The molecule has 4 heteroatoms. The Morgan fingerprint density at radius 3 is 2.48 bits per heavy atom. The second kappa shape index (κ2) is 8.33. The summed E-state index contributed by atoms with van der Waals surface area (Å²) in [5, 5.41) is 8.26. The smallest absolute Gasteiger partial charge is 0.0766 e. The van der Waals surface area contributed by atoms with E-state index in [1.54, 1.807) is 0 Å².